The normalized spacial score (nSPS) is 12.5. The topological polar surface area (TPSA) is 88.0 Å². The number of aromatic amines is 1. The molecule has 1 amide bonds. The first kappa shape index (κ1) is 14.2. The third-order valence-corrected chi connectivity index (χ3v) is 3.56. The van der Waals surface area contributed by atoms with Crippen LogP contribution in [0.2, 0.25) is 0 Å². The van der Waals surface area contributed by atoms with Crippen molar-refractivity contribution in [3.8, 4) is 0 Å². The van der Waals surface area contributed by atoms with Gasteiger partial charge >= 0.3 is 0 Å². The number of hydrogen-bond acceptors (Lipinski definition) is 4. The van der Waals surface area contributed by atoms with Crippen molar-refractivity contribution in [1.82, 2.24) is 29.7 Å². The summed E-state index contributed by atoms with van der Waals surface area (Å²) in [5, 5.41) is 3.01. The Morgan fingerprint density at radius 2 is 2.23 bits per heavy atom. The molecule has 114 valence electrons. The Labute approximate surface area is 127 Å². The van der Waals surface area contributed by atoms with Gasteiger partial charge in [0.05, 0.1) is 11.7 Å². The maximum Gasteiger partial charge on any atom is 0.270 e. The quantitative estimate of drug-likeness (QED) is 0.770. The number of imidazole rings is 2. The molecule has 2 N–H and O–H groups in total. The number of nitrogens with one attached hydrogen (secondary N) is 2. The highest BCUT2D eigenvalue weighted by Gasteiger charge is 2.21. The highest BCUT2D eigenvalue weighted by molar-refractivity contribution is 5.94. The molecule has 0 saturated carbocycles. The van der Waals surface area contributed by atoms with Crippen LogP contribution in [0.15, 0.2) is 24.7 Å². The highest BCUT2D eigenvalue weighted by Crippen LogP contribution is 2.16. The fourth-order valence-electron chi connectivity index (χ4n) is 2.47. The summed E-state index contributed by atoms with van der Waals surface area (Å²) in [7, 11) is 0. The number of hydrogen-bond donors (Lipinski definition) is 2. The number of fused-ring (bicyclic) bond motifs is 1. The largest absolute Gasteiger partial charge is 0.344 e. The molecule has 7 nitrogen and oxygen atoms in total. The Morgan fingerprint density at radius 3 is 2.91 bits per heavy atom. The van der Waals surface area contributed by atoms with Crippen LogP contribution >= 0.6 is 0 Å². The van der Waals surface area contributed by atoms with Gasteiger partial charge in [0.15, 0.2) is 0 Å². The number of rotatable bonds is 4. The van der Waals surface area contributed by atoms with Gasteiger partial charge in [0.2, 0.25) is 5.78 Å². The number of aryl methyl sites for hydroxylation is 2. The molecule has 0 radical (unpaired) electrons. The van der Waals surface area contributed by atoms with Gasteiger partial charge in [-0.3, -0.25) is 9.20 Å². The van der Waals surface area contributed by atoms with E-state index in [0.29, 0.717) is 17.2 Å². The van der Waals surface area contributed by atoms with Gasteiger partial charge in [-0.25, -0.2) is 15.0 Å². The molecule has 0 bridgehead atoms. The van der Waals surface area contributed by atoms with Crippen LogP contribution in [0.1, 0.15) is 47.1 Å². The van der Waals surface area contributed by atoms with Crippen molar-refractivity contribution < 1.29 is 4.79 Å². The van der Waals surface area contributed by atoms with Crippen LogP contribution in [0.25, 0.3) is 5.78 Å². The Morgan fingerprint density at radius 1 is 1.41 bits per heavy atom. The van der Waals surface area contributed by atoms with Crippen LogP contribution in [-0.4, -0.2) is 30.2 Å². The first-order chi connectivity index (χ1) is 10.6. The van der Waals surface area contributed by atoms with Gasteiger partial charge in [0.25, 0.3) is 5.91 Å². The van der Waals surface area contributed by atoms with E-state index in [9.17, 15) is 4.79 Å². The lowest BCUT2D eigenvalue weighted by Gasteiger charge is -2.14. The van der Waals surface area contributed by atoms with Crippen molar-refractivity contribution in [1.29, 1.82) is 0 Å². The minimum atomic E-state index is -0.182. The Balaban J connectivity index is 1.91. The molecular weight excluding hydrogens is 280 g/mol. The van der Waals surface area contributed by atoms with E-state index in [1.807, 2.05) is 20.8 Å². The van der Waals surface area contributed by atoms with E-state index >= 15 is 0 Å². The second-order valence-corrected chi connectivity index (χ2v) is 5.22. The van der Waals surface area contributed by atoms with Crippen LogP contribution in [0.3, 0.4) is 0 Å². The Kier molecular flexibility index (Phi) is 3.62. The van der Waals surface area contributed by atoms with Gasteiger partial charge in [0, 0.05) is 24.3 Å². The van der Waals surface area contributed by atoms with Crippen LogP contribution in [-0.2, 0) is 0 Å². The Bertz CT molecular complexity index is 818. The van der Waals surface area contributed by atoms with E-state index in [0.717, 1.165) is 17.9 Å². The van der Waals surface area contributed by atoms with E-state index in [4.69, 9.17) is 0 Å². The summed E-state index contributed by atoms with van der Waals surface area (Å²) in [4.78, 5) is 28.6. The van der Waals surface area contributed by atoms with Crippen LogP contribution < -0.4 is 5.32 Å². The molecule has 0 spiro atoms. The zero-order valence-electron chi connectivity index (χ0n) is 12.8. The molecule has 22 heavy (non-hydrogen) atoms. The smallest absolute Gasteiger partial charge is 0.270 e. The van der Waals surface area contributed by atoms with Gasteiger partial charge in [-0.05, 0) is 26.3 Å². The summed E-state index contributed by atoms with van der Waals surface area (Å²) in [6.07, 6.45) is 5.94. The standard InChI is InChI=1S/C15H18N6O/c1-4-11(13-17-8-9(2)18-13)20-14(22)12-10(3)19-15-16-6-5-7-21(12)15/h5-8,11H,4H2,1-3H3,(H,17,18)(H,20,22). The average molecular weight is 298 g/mol. The molecule has 0 aromatic carbocycles. The molecule has 3 heterocycles. The molecule has 3 aromatic heterocycles. The molecule has 7 heteroatoms. The lowest BCUT2D eigenvalue weighted by molar-refractivity contribution is 0.0927. The molecule has 0 aliphatic heterocycles. The number of nitrogens with zero attached hydrogens (tertiary/aromatic N) is 4. The van der Waals surface area contributed by atoms with Crippen molar-refractivity contribution in [3.05, 3.63) is 47.6 Å². The number of carbonyl (C=O) groups excluding carboxylic acids is 1. The lowest BCUT2D eigenvalue weighted by Crippen LogP contribution is -2.30. The minimum absolute atomic E-state index is 0.164. The molecule has 0 aliphatic rings. The van der Waals surface area contributed by atoms with Gasteiger partial charge in [0.1, 0.15) is 11.5 Å². The van der Waals surface area contributed by atoms with Crippen LogP contribution in [0, 0.1) is 13.8 Å². The predicted octanol–water partition coefficient (Wildman–Crippen LogP) is 1.95. The Hall–Kier alpha value is -2.70. The van der Waals surface area contributed by atoms with E-state index in [1.165, 1.54) is 0 Å². The lowest BCUT2D eigenvalue weighted by atomic mass is 10.2. The van der Waals surface area contributed by atoms with Gasteiger partial charge in [-0.15, -0.1) is 0 Å². The summed E-state index contributed by atoms with van der Waals surface area (Å²) in [6.45, 7) is 5.75. The SMILES string of the molecule is CCC(NC(=O)c1c(C)nc2ncccn12)c1ncc(C)[nH]1. The predicted molar refractivity (Wildman–Crippen MR) is 81.5 cm³/mol. The fraction of sp³-hybridized carbons (Fsp3) is 0.333. The van der Waals surface area contributed by atoms with Crippen molar-refractivity contribution >= 4 is 11.7 Å². The molecule has 0 saturated heterocycles. The average Bonchev–Trinajstić information content (AvgIpc) is 3.07. The second kappa shape index (κ2) is 5.59. The fourth-order valence-corrected chi connectivity index (χ4v) is 2.47. The number of aromatic nitrogens is 5. The van der Waals surface area contributed by atoms with Gasteiger partial charge in [-0.1, -0.05) is 6.92 Å². The number of amides is 1. The number of carbonyl (C=O) groups is 1. The molecule has 1 atom stereocenters. The molecule has 3 aromatic rings. The summed E-state index contributed by atoms with van der Waals surface area (Å²) >= 11 is 0. The summed E-state index contributed by atoms with van der Waals surface area (Å²) in [5.74, 6) is 1.10. The van der Waals surface area contributed by atoms with Crippen molar-refractivity contribution in [3.63, 3.8) is 0 Å². The first-order valence-electron chi connectivity index (χ1n) is 7.22. The summed E-state index contributed by atoms with van der Waals surface area (Å²) in [6, 6.07) is 1.61. The maximum absolute atomic E-state index is 12.6. The van der Waals surface area contributed by atoms with Gasteiger partial charge in [-0.2, -0.15) is 0 Å². The third kappa shape index (κ3) is 2.45. The van der Waals surface area contributed by atoms with Crippen LogP contribution in [0.5, 0.6) is 0 Å². The van der Waals surface area contributed by atoms with Crippen molar-refractivity contribution in [2.45, 2.75) is 33.2 Å². The highest BCUT2D eigenvalue weighted by atomic mass is 16.2. The van der Waals surface area contributed by atoms with E-state index in [-0.39, 0.29) is 11.9 Å². The molecule has 3 rings (SSSR count). The van der Waals surface area contributed by atoms with Crippen molar-refractivity contribution in [2.24, 2.45) is 0 Å². The van der Waals surface area contributed by atoms with Crippen molar-refractivity contribution in [2.75, 3.05) is 0 Å². The van der Waals surface area contributed by atoms with E-state index < -0.39 is 0 Å². The first-order valence-corrected chi connectivity index (χ1v) is 7.22. The second-order valence-electron chi connectivity index (χ2n) is 5.22. The zero-order chi connectivity index (χ0) is 15.7. The third-order valence-electron chi connectivity index (χ3n) is 3.56. The maximum atomic E-state index is 12.6. The monoisotopic (exact) mass is 298 g/mol. The minimum Gasteiger partial charge on any atom is -0.344 e. The van der Waals surface area contributed by atoms with Crippen LogP contribution in [0.4, 0.5) is 0 Å². The molecule has 0 fully saturated rings. The van der Waals surface area contributed by atoms with E-state index in [1.54, 1.807) is 29.1 Å². The zero-order valence-corrected chi connectivity index (χ0v) is 12.8. The van der Waals surface area contributed by atoms with E-state index in [2.05, 4.69) is 25.3 Å². The summed E-state index contributed by atoms with van der Waals surface area (Å²) in [5.41, 5.74) is 2.13. The molecular formula is C15H18N6O. The van der Waals surface area contributed by atoms with Gasteiger partial charge < -0.3 is 10.3 Å². The molecule has 0 aliphatic carbocycles. The number of H-pyrrole nitrogens is 1. The molecule has 1 unspecified atom stereocenters. The summed E-state index contributed by atoms with van der Waals surface area (Å²) < 4.78 is 1.70.